The van der Waals surface area contributed by atoms with E-state index in [-0.39, 0.29) is 12.6 Å². The number of nitrogens with one attached hydrogen (secondary N) is 1. The monoisotopic (exact) mass is 289 g/mol. The highest BCUT2D eigenvalue weighted by atomic mass is 127. The summed E-state index contributed by atoms with van der Waals surface area (Å²) in [6.07, 6.45) is 1.07. The van der Waals surface area contributed by atoms with Gasteiger partial charge in [-0.2, -0.15) is 0 Å². The normalized spacial score (nSPS) is 21.2. The Hall–Kier alpha value is -0.130. The molecule has 1 aromatic rings. The molecule has 3 heteroatoms. The van der Waals surface area contributed by atoms with Crippen LogP contribution < -0.4 is 5.32 Å². The zero-order valence-corrected chi connectivity index (χ0v) is 9.41. The Kier molecular flexibility index (Phi) is 2.86. The third-order valence-corrected chi connectivity index (χ3v) is 3.40. The molecule has 1 atom stereocenters. The van der Waals surface area contributed by atoms with Gasteiger partial charge in [-0.05, 0) is 52.7 Å². The van der Waals surface area contributed by atoms with E-state index in [9.17, 15) is 5.11 Å². The molecule has 0 unspecified atom stereocenters. The third-order valence-electron chi connectivity index (χ3n) is 2.46. The number of rotatable bonds is 1. The zero-order valence-electron chi connectivity index (χ0n) is 7.26. The molecule has 70 valence electrons. The van der Waals surface area contributed by atoms with E-state index in [0.717, 1.165) is 13.0 Å². The molecule has 2 nitrogen and oxygen atoms in total. The van der Waals surface area contributed by atoms with Crippen LogP contribution in [0.1, 0.15) is 17.2 Å². The molecule has 13 heavy (non-hydrogen) atoms. The van der Waals surface area contributed by atoms with Gasteiger partial charge in [-0.15, -0.1) is 0 Å². The fraction of sp³-hybridized carbons (Fsp3) is 0.400. The molecule has 2 N–H and O–H groups in total. The maximum atomic E-state index is 9.20. The minimum Gasteiger partial charge on any atom is -0.394 e. The Morgan fingerprint density at radius 2 is 2.38 bits per heavy atom. The number of hydrogen-bond acceptors (Lipinski definition) is 2. The fourth-order valence-corrected chi connectivity index (χ4v) is 2.76. The van der Waals surface area contributed by atoms with Gasteiger partial charge in [-0.25, -0.2) is 0 Å². The maximum Gasteiger partial charge on any atom is 0.0627 e. The molecule has 0 aliphatic carbocycles. The van der Waals surface area contributed by atoms with E-state index in [4.69, 9.17) is 0 Å². The molecule has 1 heterocycles. The topological polar surface area (TPSA) is 32.3 Å². The van der Waals surface area contributed by atoms with Crippen molar-refractivity contribution >= 4 is 22.6 Å². The molecule has 0 saturated carbocycles. The zero-order chi connectivity index (χ0) is 9.26. The van der Waals surface area contributed by atoms with Crippen molar-refractivity contribution in [3.05, 3.63) is 32.9 Å². The van der Waals surface area contributed by atoms with Gasteiger partial charge in [-0.3, -0.25) is 0 Å². The first kappa shape index (κ1) is 9.43. The molecule has 0 fully saturated rings. The number of benzene rings is 1. The molecule has 1 aliphatic rings. The van der Waals surface area contributed by atoms with E-state index in [1.165, 1.54) is 14.7 Å². The standard InChI is InChI=1S/C10H12INO/c11-8-3-1-2-7-4-5-12-9(6-13)10(7)8/h1-3,9,12-13H,4-6H2/t9-/m1/s1. The lowest BCUT2D eigenvalue weighted by Crippen LogP contribution is -2.32. The van der Waals surface area contributed by atoms with Crippen molar-refractivity contribution in [2.45, 2.75) is 12.5 Å². The van der Waals surface area contributed by atoms with Crippen LogP contribution in [-0.4, -0.2) is 18.3 Å². The van der Waals surface area contributed by atoms with Gasteiger partial charge in [0.15, 0.2) is 0 Å². The van der Waals surface area contributed by atoms with Gasteiger partial charge >= 0.3 is 0 Å². The third kappa shape index (κ3) is 1.73. The highest BCUT2D eigenvalue weighted by Crippen LogP contribution is 2.27. The van der Waals surface area contributed by atoms with E-state index in [1.807, 2.05) is 0 Å². The number of aliphatic hydroxyl groups is 1. The lowest BCUT2D eigenvalue weighted by atomic mass is 9.95. The van der Waals surface area contributed by atoms with Crippen LogP contribution in [0.5, 0.6) is 0 Å². The first-order valence-electron chi connectivity index (χ1n) is 4.44. The lowest BCUT2D eigenvalue weighted by Gasteiger charge is -2.26. The largest absolute Gasteiger partial charge is 0.394 e. The Labute approximate surface area is 91.5 Å². The second-order valence-corrected chi connectivity index (χ2v) is 4.41. The second-order valence-electron chi connectivity index (χ2n) is 3.25. The number of aliphatic hydroxyl groups excluding tert-OH is 1. The number of halogens is 1. The van der Waals surface area contributed by atoms with Crippen LogP contribution in [-0.2, 0) is 6.42 Å². The quantitative estimate of drug-likeness (QED) is 0.767. The molecule has 2 rings (SSSR count). The fourth-order valence-electron chi connectivity index (χ4n) is 1.83. The van der Waals surface area contributed by atoms with Crippen molar-refractivity contribution < 1.29 is 5.11 Å². The maximum absolute atomic E-state index is 9.20. The molecule has 1 aliphatic heterocycles. The SMILES string of the molecule is OC[C@H]1NCCc2cccc(I)c21. The van der Waals surface area contributed by atoms with E-state index in [0.29, 0.717) is 0 Å². The summed E-state index contributed by atoms with van der Waals surface area (Å²) in [6, 6.07) is 6.47. The summed E-state index contributed by atoms with van der Waals surface area (Å²) in [5.74, 6) is 0. The molecule has 0 amide bonds. The Bertz CT molecular complexity index is 314. The molecule has 0 spiro atoms. The van der Waals surface area contributed by atoms with Crippen LogP contribution in [0.15, 0.2) is 18.2 Å². The molecular weight excluding hydrogens is 277 g/mol. The minimum absolute atomic E-state index is 0.136. The van der Waals surface area contributed by atoms with E-state index < -0.39 is 0 Å². The first-order chi connectivity index (χ1) is 6.33. The average molecular weight is 289 g/mol. The smallest absolute Gasteiger partial charge is 0.0627 e. The van der Waals surface area contributed by atoms with Crippen LogP contribution in [0, 0.1) is 3.57 Å². The van der Waals surface area contributed by atoms with E-state index >= 15 is 0 Å². The first-order valence-corrected chi connectivity index (χ1v) is 5.52. The van der Waals surface area contributed by atoms with Gasteiger partial charge in [-0.1, -0.05) is 12.1 Å². The van der Waals surface area contributed by atoms with Crippen LogP contribution in [0.4, 0.5) is 0 Å². The summed E-state index contributed by atoms with van der Waals surface area (Å²) in [4.78, 5) is 0. The van der Waals surface area contributed by atoms with Gasteiger partial charge < -0.3 is 10.4 Å². The van der Waals surface area contributed by atoms with Crippen LogP contribution >= 0.6 is 22.6 Å². The summed E-state index contributed by atoms with van der Waals surface area (Å²) in [7, 11) is 0. The summed E-state index contributed by atoms with van der Waals surface area (Å²) in [6.45, 7) is 1.16. The second kappa shape index (κ2) is 3.94. The molecule has 0 saturated heterocycles. The summed E-state index contributed by atoms with van der Waals surface area (Å²) in [5, 5.41) is 12.5. The van der Waals surface area contributed by atoms with E-state index in [2.05, 4.69) is 46.1 Å². The molecule has 0 aromatic heterocycles. The van der Waals surface area contributed by atoms with Crippen molar-refractivity contribution in [3.63, 3.8) is 0 Å². The molecular formula is C10H12INO. The van der Waals surface area contributed by atoms with Crippen LogP contribution in [0.3, 0.4) is 0 Å². The van der Waals surface area contributed by atoms with Gasteiger partial charge in [0.25, 0.3) is 0 Å². The lowest BCUT2D eigenvalue weighted by molar-refractivity contribution is 0.239. The summed E-state index contributed by atoms with van der Waals surface area (Å²) >= 11 is 2.33. The Morgan fingerprint density at radius 1 is 1.54 bits per heavy atom. The van der Waals surface area contributed by atoms with Crippen molar-refractivity contribution in [3.8, 4) is 0 Å². The van der Waals surface area contributed by atoms with Crippen LogP contribution in [0.25, 0.3) is 0 Å². The number of fused-ring (bicyclic) bond motifs is 1. The highest BCUT2D eigenvalue weighted by Gasteiger charge is 2.20. The predicted octanol–water partition coefficient (Wildman–Crippen LogP) is 1.47. The van der Waals surface area contributed by atoms with Crippen molar-refractivity contribution in [1.82, 2.24) is 5.32 Å². The molecule has 0 bridgehead atoms. The average Bonchev–Trinajstić information content (AvgIpc) is 2.17. The van der Waals surface area contributed by atoms with Gasteiger partial charge in [0.1, 0.15) is 0 Å². The Morgan fingerprint density at radius 3 is 3.15 bits per heavy atom. The highest BCUT2D eigenvalue weighted by molar-refractivity contribution is 14.1. The summed E-state index contributed by atoms with van der Waals surface area (Å²) in [5.41, 5.74) is 2.67. The minimum atomic E-state index is 0.136. The predicted molar refractivity (Wildman–Crippen MR) is 60.7 cm³/mol. The summed E-state index contributed by atoms with van der Waals surface area (Å²) < 4.78 is 1.25. The van der Waals surface area contributed by atoms with Crippen LogP contribution in [0.2, 0.25) is 0 Å². The van der Waals surface area contributed by atoms with Gasteiger partial charge in [0, 0.05) is 3.57 Å². The molecule has 0 radical (unpaired) electrons. The Balaban J connectivity index is 2.47. The van der Waals surface area contributed by atoms with Gasteiger partial charge in [0.2, 0.25) is 0 Å². The van der Waals surface area contributed by atoms with Crippen molar-refractivity contribution in [1.29, 1.82) is 0 Å². The number of hydrogen-bond donors (Lipinski definition) is 2. The van der Waals surface area contributed by atoms with Gasteiger partial charge in [0.05, 0.1) is 12.6 Å². The van der Waals surface area contributed by atoms with Crippen molar-refractivity contribution in [2.75, 3.05) is 13.2 Å². The molecule has 1 aromatic carbocycles. The van der Waals surface area contributed by atoms with Crippen molar-refractivity contribution in [2.24, 2.45) is 0 Å². The van der Waals surface area contributed by atoms with E-state index in [1.54, 1.807) is 0 Å².